The van der Waals surface area contributed by atoms with Gasteiger partial charge < -0.3 is 9.84 Å². The average Bonchev–Trinajstić information content (AvgIpc) is 2.74. The Kier molecular flexibility index (Phi) is 5.15. The summed E-state index contributed by atoms with van der Waals surface area (Å²) in [7, 11) is 0. The molecule has 0 atom stereocenters. The lowest BCUT2D eigenvalue weighted by Gasteiger charge is -2.23. The van der Waals surface area contributed by atoms with Gasteiger partial charge in [0.2, 0.25) is 0 Å². The number of aromatic hydroxyl groups is 1. The Balaban J connectivity index is 1.77. The van der Waals surface area contributed by atoms with Crippen molar-refractivity contribution in [3.63, 3.8) is 0 Å². The molecule has 1 N–H and O–H groups in total. The van der Waals surface area contributed by atoms with E-state index in [2.05, 4.69) is 21.0 Å². The summed E-state index contributed by atoms with van der Waals surface area (Å²) in [6.45, 7) is 2.10. The molecule has 0 unspecified atom stereocenters. The van der Waals surface area contributed by atoms with E-state index in [0.29, 0.717) is 21.7 Å². The highest BCUT2D eigenvalue weighted by Crippen LogP contribution is 2.36. The van der Waals surface area contributed by atoms with Crippen LogP contribution in [0.5, 0.6) is 11.5 Å². The molecule has 0 spiro atoms. The lowest BCUT2D eigenvalue weighted by atomic mass is 9.94. The maximum absolute atomic E-state index is 13.0. The molecule has 0 fully saturated rings. The van der Waals surface area contributed by atoms with E-state index >= 15 is 0 Å². The Bertz CT molecular complexity index is 1280. The number of carbonyl (C=O) groups is 2. The summed E-state index contributed by atoms with van der Waals surface area (Å²) in [6.07, 6.45) is 1.29. The molecule has 0 aromatic heterocycles. The van der Waals surface area contributed by atoms with Gasteiger partial charge in [-0.2, -0.15) is 10.1 Å². The second-order valence-corrected chi connectivity index (χ2v) is 7.42. The van der Waals surface area contributed by atoms with Gasteiger partial charge in [0, 0.05) is 11.5 Å². The van der Waals surface area contributed by atoms with E-state index in [1.54, 1.807) is 13.0 Å². The van der Waals surface area contributed by atoms with Gasteiger partial charge in [-0.1, -0.05) is 6.07 Å². The number of imide groups is 1. The third-order valence-electron chi connectivity index (χ3n) is 4.73. The quantitative estimate of drug-likeness (QED) is 0.250. The smallest absolute Gasteiger partial charge is 0.282 e. The van der Waals surface area contributed by atoms with Crippen molar-refractivity contribution in [2.24, 2.45) is 5.10 Å². The molecule has 3 aromatic carbocycles. The fraction of sp³-hybridized carbons (Fsp3) is 0.0952. The highest BCUT2D eigenvalue weighted by atomic mass is 79.9. The van der Waals surface area contributed by atoms with Gasteiger partial charge in [-0.15, -0.1) is 0 Å². The number of amides is 2. The van der Waals surface area contributed by atoms with Crippen LogP contribution in [0.15, 0.2) is 52.0 Å². The lowest BCUT2D eigenvalue weighted by molar-refractivity contribution is -0.383. The number of phenolic OH excluding ortho intramolecular Hbond substituents is 1. The van der Waals surface area contributed by atoms with Gasteiger partial charge in [0.25, 0.3) is 17.5 Å². The van der Waals surface area contributed by atoms with E-state index in [4.69, 9.17) is 4.74 Å². The molecule has 1 aliphatic heterocycles. The van der Waals surface area contributed by atoms with E-state index in [1.165, 1.54) is 42.6 Å². The van der Waals surface area contributed by atoms with Crippen LogP contribution in [0.2, 0.25) is 0 Å². The van der Waals surface area contributed by atoms with Crippen molar-refractivity contribution >= 4 is 50.4 Å². The molecule has 0 bridgehead atoms. The lowest BCUT2D eigenvalue weighted by Crippen LogP contribution is -2.36. The molecule has 31 heavy (non-hydrogen) atoms. The van der Waals surface area contributed by atoms with Crippen LogP contribution >= 0.6 is 15.9 Å². The van der Waals surface area contributed by atoms with Gasteiger partial charge in [0.05, 0.1) is 38.7 Å². The van der Waals surface area contributed by atoms with Crippen molar-refractivity contribution in [1.29, 1.82) is 0 Å². The van der Waals surface area contributed by atoms with Crippen molar-refractivity contribution in [1.82, 2.24) is 5.01 Å². The number of nitro benzene ring substituents is 1. The van der Waals surface area contributed by atoms with Crippen molar-refractivity contribution in [2.75, 3.05) is 6.61 Å². The van der Waals surface area contributed by atoms with Gasteiger partial charge in [0.1, 0.15) is 0 Å². The third kappa shape index (κ3) is 3.40. The largest absolute Gasteiger partial charge is 0.503 e. The number of nitrogens with zero attached hydrogens (tertiary/aromatic N) is 3. The predicted octanol–water partition coefficient (Wildman–Crippen LogP) is 4.24. The van der Waals surface area contributed by atoms with Gasteiger partial charge >= 0.3 is 0 Å². The summed E-state index contributed by atoms with van der Waals surface area (Å²) in [5, 5.41) is 26.6. The Morgan fingerprint density at radius 1 is 1.19 bits per heavy atom. The highest BCUT2D eigenvalue weighted by molar-refractivity contribution is 9.10. The minimum atomic E-state index is -0.692. The third-order valence-corrected chi connectivity index (χ3v) is 5.34. The number of hydrogen-bond acceptors (Lipinski definition) is 7. The minimum absolute atomic E-state index is 0.0775. The maximum Gasteiger partial charge on any atom is 0.282 e. The Morgan fingerprint density at radius 2 is 1.90 bits per heavy atom. The molecule has 0 radical (unpaired) electrons. The molecule has 1 heterocycles. The van der Waals surface area contributed by atoms with Gasteiger partial charge in [-0.05, 0) is 58.7 Å². The van der Waals surface area contributed by atoms with Crippen LogP contribution in [0.25, 0.3) is 10.8 Å². The van der Waals surface area contributed by atoms with Gasteiger partial charge in [0.15, 0.2) is 11.5 Å². The Labute approximate surface area is 183 Å². The van der Waals surface area contributed by atoms with E-state index in [0.717, 1.165) is 0 Å². The van der Waals surface area contributed by atoms with E-state index in [-0.39, 0.29) is 39.1 Å². The first kappa shape index (κ1) is 20.5. The molecule has 0 aliphatic carbocycles. The first-order valence-corrected chi connectivity index (χ1v) is 9.91. The van der Waals surface area contributed by atoms with Crippen LogP contribution in [0, 0.1) is 10.1 Å². The predicted molar refractivity (Wildman–Crippen MR) is 116 cm³/mol. The van der Waals surface area contributed by atoms with Crippen molar-refractivity contribution in [3.8, 4) is 11.5 Å². The number of carbonyl (C=O) groups excluding carboxylic acids is 2. The van der Waals surface area contributed by atoms with E-state index < -0.39 is 16.7 Å². The maximum atomic E-state index is 13.0. The second kappa shape index (κ2) is 7.80. The second-order valence-electron chi connectivity index (χ2n) is 6.57. The van der Waals surface area contributed by atoms with Crippen LogP contribution in [-0.4, -0.2) is 39.7 Å². The number of hydrazone groups is 1. The first-order valence-electron chi connectivity index (χ1n) is 9.11. The minimum Gasteiger partial charge on any atom is -0.503 e. The van der Waals surface area contributed by atoms with Crippen LogP contribution in [-0.2, 0) is 0 Å². The number of phenols is 1. The van der Waals surface area contributed by atoms with Crippen LogP contribution in [0.1, 0.15) is 33.2 Å². The zero-order valence-electron chi connectivity index (χ0n) is 16.0. The normalized spacial score (nSPS) is 13.3. The Hall–Kier alpha value is -3.79. The van der Waals surface area contributed by atoms with E-state index in [1.807, 2.05) is 0 Å². The standard InChI is InChI=1S/C21H14BrN3O6/c1-2-31-17-9-11(8-15(22)19(17)26)10-23-24-20(27)13-5-3-4-12-16(25(29)30)7-6-14(18(12)13)21(24)28/h3-10,26H,2H2,1H3. The molecule has 0 saturated carbocycles. The molecule has 4 rings (SSSR count). The molecular weight excluding hydrogens is 470 g/mol. The van der Waals surface area contributed by atoms with Crippen molar-refractivity contribution in [2.45, 2.75) is 6.92 Å². The van der Waals surface area contributed by atoms with Crippen molar-refractivity contribution in [3.05, 3.63) is 73.7 Å². The number of nitro groups is 1. The number of benzene rings is 3. The average molecular weight is 484 g/mol. The number of hydrogen-bond donors (Lipinski definition) is 1. The van der Waals surface area contributed by atoms with Crippen LogP contribution < -0.4 is 4.74 Å². The number of halogens is 1. The highest BCUT2D eigenvalue weighted by Gasteiger charge is 2.34. The van der Waals surface area contributed by atoms with Gasteiger partial charge in [-0.25, -0.2) is 0 Å². The van der Waals surface area contributed by atoms with Crippen LogP contribution in [0.4, 0.5) is 5.69 Å². The molecule has 1 aliphatic rings. The summed E-state index contributed by atoms with van der Waals surface area (Å²) >= 11 is 3.22. The fourth-order valence-corrected chi connectivity index (χ4v) is 3.85. The first-order chi connectivity index (χ1) is 14.8. The fourth-order valence-electron chi connectivity index (χ4n) is 3.39. The molecule has 156 valence electrons. The summed E-state index contributed by atoms with van der Waals surface area (Å²) in [5.74, 6) is -1.24. The summed E-state index contributed by atoms with van der Waals surface area (Å²) in [5.41, 5.74) is 0.585. The summed E-state index contributed by atoms with van der Waals surface area (Å²) in [6, 6.07) is 10.2. The molecule has 2 amide bonds. The Morgan fingerprint density at radius 3 is 2.58 bits per heavy atom. The molecule has 0 saturated heterocycles. The topological polar surface area (TPSA) is 122 Å². The summed E-state index contributed by atoms with van der Waals surface area (Å²) in [4.78, 5) is 36.7. The molecule has 9 nitrogen and oxygen atoms in total. The van der Waals surface area contributed by atoms with Crippen LogP contribution in [0.3, 0.4) is 0 Å². The molecule has 10 heteroatoms. The zero-order valence-corrected chi connectivity index (χ0v) is 17.6. The molecular formula is C21H14BrN3O6. The van der Waals surface area contributed by atoms with E-state index in [9.17, 15) is 24.8 Å². The monoisotopic (exact) mass is 483 g/mol. The SMILES string of the molecule is CCOc1cc(C=NN2C(=O)c3cccc4c([N+](=O)[O-])ccc(c34)C2=O)cc(Br)c1O. The van der Waals surface area contributed by atoms with Gasteiger partial charge in [-0.3, -0.25) is 19.7 Å². The molecule has 3 aromatic rings. The number of rotatable bonds is 5. The van der Waals surface area contributed by atoms with Crippen molar-refractivity contribution < 1.29 is 24.4 Å². The number of ether oxygens (including phenoxy) is 1. The summed E-state index contributed by atoms with van der Waals surface area (Å²) < 4.78 is 5.72. The zero-order chi connectivity index (χ0) is 22.3. The number of non-ortho nitro benzene ring substituents is 1.